The molecule has 72 valence electrons. The lowest BCUT2D eigenvalue weighted by Crippen LogP contribution is -2.02. The zero-order chi connectivity index (χ0) is 10.0. The van der Waals surface area contributed by atoms with Crippen molar-refractivity contribution < 1.29 is 0 Å². The van der Waals surface area contributed by atoms with E-state index in [1.807, 2.05) is 20.0 Å². The van der Waals surface area contributed by atoms with Crippen molar-refractivity contribution in [3.05, 3.63) is 23.3 Å². The van der Waals surface area contributed by atoms with Gasteiger partial charge in [-0.15, -0.1) is 11.6 Å². The molecule has 13 heavy (non-hydrogen) atoms. The van der Waals surface area contributed by atoms with Crippen LogP contribution in [-0.2, 0) is 0 Å². The Morgan fingerprint density at radius 1 is 1.31 bits per heavy atom. The molecule has 0 amide bonds. The molecule has 0 radical (unpaired) electrons. The van der Waals surface area contributed by atoms with Crippen LogP contribution < -0.4 is 0 Å². The number of halogens is 1. The van der Waals surface area contributed by atoms with E-state index in [9.17, 15) is 0 Å². The fourth-order valence-corrected chi connectivity index (χ4v) is 1.38. The van der Waals surface area contributed by atoms with E-state index >= 15 is 0 Å². The van der Waals surface area contributed by atoms with Gasteiger partial charge in [-0.1, -0.05) is 13.8 Å². The Labute approximate surface area is 84.4 Å². The van der Waals surface area contributed by atoms with Crippen LogP contribution in [0.25, 0.3) is 0 Å². The summed E-state index contributed by atoms with van der Waals surface area (Å²) in [4.78, 5) is 8.66. The fraction of sp³-hybridized carbons (Fsp3) is 0.600. The van der Waals surface area contributed by atoms with Crippen molar-refractivity contribution in [1.29, 1.82) is 0 Å². The first-order valence-electron chi connectivity index (χ1n) is 4.50. The summed E-state index contributed by atoms with van der Waals surface area (Å²) in [5, 5.41) is -0.0128. The maximum atomic E-state index is 5.96. The highest BCUT2D eigenvalue weighted by Gasteiger charge is 2.09. The van der Waals surface area contributed by atoms with Gasteiger partial charge in [0.1, 0.15) is 5.82 Å². The molecule has 0 fully saturated rings. The summed E-state index contributed by atoms with van der Waals surface area (Å²) >= 11 is 5.96. The minimum absolute atomic E-state index is 0.0128. The molecule has 0 spiro atoms. The van der Waals surface area contributed by atoms with E-state index in [4.69, 9.17) is 11.6 Å². The van der Waals surface area contributed by atoms with E-state index < -0.39 is 0 Å². The van der Waals surface area contributed by atoms with E-state index in [0.717, 1.165) is 17.1 Å². The monoisotopic (exact) mass is 198 g/mol. The van der Waals surface area contributed by atoms with Gasteiger partial charge in [-0.05, 0) is 13.8 Å². The second kappa shape index (κ2) is 4.05. The lowest BCUT2D eigenvalue weighted by molar-refractivity contribution is 0.756. The third-order valence-electron chi connectivity index (χ3n) is 1.98. The Balaban J connectivity index is 3.06. The standard InChI is InChI=1S/C10H15ClN2/c1-6(2)10-12-5-9(7(3)11)8(4)13-10/h5-7H,1-4H3. The minimum atomic E-state index is -0.0128. The molecule has 2 nitrogen and oxygen atoms in total. The van der Waals surface area contributed by atoms with Gasteiger partial charge < -0.3 is 0 Å². The van der Waals surface area contributed by atoms with Crippen molar-refractivity contribution in [3.8, 4) is 0 Å². The Morgan fingerprint density at radius 3 is 2.31 bits per heavy atom. The predicted molar refractivity (Wildman–Crippen MR) is 55.1 cm³/mol. The summed E-state index contributed by atoms with van der Waals surface area (Å²) < 4.78 is 0. The quantitative estimate of drug-likeness (QED) is 0.682. The number of nitrogens with zero attached hydrogens (tertiary/aromatic N) is 2. The smallest absolute Gasteiger partial charge is 0.131 e. The van der Waals surface area contributed by atoms with Gasteiger partial charge in [0.25, 0.3) is 0 Å². The first-order chi connectivity index (χ1) is 6.02. The molecule has 0 saturated heterocycles. The number of aromatic nitrogens is 2. The first kappa shape index (κ1) is 10.5. The molecule has 1 aromatic heterocycles. The molecule has 3 heteroatoms. The molecule has 0 aliphatic carbocycles. The number of rotatable bonds is 2. The van der Waals surface area contributed by atoms with E-state index in [-0.39, 0.29) is 5.38 Å². The maximum absolute atomic E-state index is 5.96. The second-order valence-corrected chi connectivity index (χ2v) is 4.19. The summed E-state index contributed by atoms with van der Waals surface area (Å²) in [5.74, 6) is 1.26. The Kier molecular flexibility index (Phi) is 3.26. The van der Waals surface area contributed by atoms with Crippen LogP contribution in [0.15, 0.2) is 6.20 Å². The number of aryl methyl sites for hydroxylation is 1. The topological polar surface area (TPSA) is 25.8 Å². The van der Waals surface area contributed by atoms with Crippen molar-refractivity contribution in [2.45, 2.75) is 39.0 Å². The Hall–Kier alpha value is -0.630. The highest BCUT2D eigenvalue weighted by atomic mass is 35.5. The summed E-state index contributed by atoms with van der Waals surface area (Å²) in [6.45, 7) is 8.07. The van der Waals surface area contributed by atoms with Crippen LogP contribution in [0.5, 0.6) is 0 Å². The van der Waals surface area contributed by atoms with Crippen LogP contribution in [-0.4, -0.2) is 9.97 Å². The first-order valence-corrected chi connectivity index (χ1v) is 4.93. The van der Waals surface area contributed by atoms with E-state index in [0.29, 0.717) is 5.92 Å². The largest absolute Gasteiger partial charge is 0.241 e. The van der Waals surface area contributed by atoms with Crippen LogP contribution in [0.1, 0.15) is 49.1 Å². The van der Waals surface area contributed by atoms with Gasteiger partial charge in [-0.25, -0.2) is 9.97 Å². The summed E-state index contributed by atoms with van der Waals surface area (Å²) in [6.07, 6.45) is 1.83. The van der Waals surface area contributed by atoms with Crippen molar-refractivity contribution >= 4 is 11.6 Å². The summed E-state index contributed by atoms with van der Waals surface area (Å²) in [6, 6.07) is 0. The summed E-state index contributed by atoms with van der Waals surface area (Å²) in [7, 11) is 0. The van der Waals surface area contributed by atoms with Crippen LogP contribution in [0.2, 0.25) is 0 Å². The molecule has 0 aromatic carbocycles. The fourth-order valence-electron chi connectivity index (χ4n) is 1.16. The zero-order valence-corrected chi connectivity index (χ0v) is 9.26. The van der Waals surface area contributed by atoms with Crippen LogP contribution in [0.3, 0.4) is 0 Å². The van der Waals surface area contributed by atoms with Crippen LogP contribution in [0, 0.1) is 6.92 Å². The molecular weight excluding hydrogens is 184 g/mol. The van der Waals surface area contributed by atoms with Crippen LogP contribution >= 0.6 is 11.6 Å². The second-order valence-electron chi connectivity index (χ2n) is 3.54. The lowest BCUT2D eigenvalue weighted by Gasteiger charge is -2.09. The number of alkyl halides is 1. The van der Waals surface area contributed by atoms with Gasteiger partial charge >= 0.3 is 0 Å². The molecule has 0 aliphatic heterocycles. The van der Waals surface area contributed by atoms with Gasteiger partial charge in [0, 0.05) is 23.4 Å². The molecular formula is C10H15ClN2. The molecule has 1 rings (SSSR count). The van der Waals surface area contributed by atoms with Crippen LogP contribution in [0.4, 0.5) is 0 Å². The molecule has 0 aliphatic rings. The van der Waals surface area contributed by atoms with Gasteiger partial charge in [0.2, 0.25) is 0 Å². The highest BCUT2D eigenvalue weighted by Crippen LogP contribution is 2.21. The average Bonchev–Trinajstić information content (AvgIpc) is 2.03. The molecule has 1 unspecified atom stereocenters. The van der Waals surface area contributed by atoms with Crippen molar-refractivity contribution in [2.24, 2.45) is 0 Å². The van der Waals surface area contributed by atoms with E-state index in [1.54, 1.807) is 0 Å². The van der Waals surface area contributed by atoms with E-state index in [1.165, 1.54) is 0 Å². The molecule has 0 saturated carbocycles. The van der Waals surface area contributed by atoms with Crippen molar-refractivity contribution in [2.75, 3.05) is 0 Å². The molecule has 0 N–H and O–H groups in total. The van der Waals surface area contributed by atoms with Gasteiger partial charge in [-0.3, -0.25) is 0 Å². The third-order valence-corrected chi connectivity index (χ3v) is 2.22. The lowest BCUT2D eigenvalue weighted by atomic mass is 10.1. The predicted octanol–water partition coefficient (Wildman–Crippen LogP) is 3.21. The molecule has 1 atom stereocenters. The molecule has 0 bridgehead atoms. The average molecular weight is 199 g/mol. The Bertz CT molecular complexity index is 295. The number of hydrogen-bond acceptors (Lipinski definition) is 2. The van der Waals surface area contributed by atoms with Gasteiger partial charge in [-0.2, -0.15) is 0 Å². The number of hydrogen-bond donors (Lipinski definition) is 0. The van der Waals surface area contributed by atoms with Gasteiger partial charge in [0.05, 0.1) is 5.38 Å². The highest BCUT2D eigenvalue weighted by molar-refractivity contribution is 6.20. The zero-order valence-electron chi connectivity index (χ0n) is 8.50. The van der Waals surface area contributed by atoms with E-state index in [2.05, 4.69) is 23.8 Å². The van der Waals surface area contributed by atoms with Gasteiger partial charge in [0.15, 0.2) is 0 Å². The van der Waals surface area contributed by atoms with Crippen molar-refractivity contribution in [1.82, 2.24) is 9.97 Å². The molecule has 1 heterocycles. The maximum Gasteiger partial charge on any atom is 0.131 e. The minimum Gasteiger partial charge on any atom is -0.241 e. The molecule has 1 aromatic rings. The summed E-state index contributed by atoms with van der Waals surface area (Å²) in [5.41, 5.74) is 2.01. The third kappa shape index (κ3) is 2.41. The Morgan fingerprint density at radius 2 is 1.92 bits per heavy atom. The van der Waals surface area contributed by atoms with Crippen molar-refractivity contribution in [3.63, 3.8) is 0 Å². The normalized spacial score (nSPS) is 13.4. The SMILES string of the molecule is Cc1nc(C(C)C)ncc1C(C)Cl.